The summed E-state index contributed by atoms with van der Waals surface area (Å²) in [5.74, 6) is 0.829. The zero-order chi connectivity index (χ0) is 17.9. The Morgan fingerprint density at radius 1 is 1.00 bits per heavy atom. The van der Waals surface area contributed by atoms with Gasteiger partial charge in [0.2, 0.25) is 0 Å². The van der Waals surface area contributed by atoms with E-state index < -0.39 is 5.97 Å². The van der Waals surface area contributed by atoms with Crippen molar-refractivity contribution in [1.29, 1.82) is 0 Å². The van der Waals surface area contributed by atoms with Gasteiger partial charge >= 0.3 is 5.97 Å². The third-order valence-corrected chi connectivity index (χ3v) is 6.85. The summed E-state index contributed by atoms with van der Waals surface area (Å²) >= 11 is 0. The fraction of sp³-hybridized carbons (Fsp3) is 0.714. The van der Waals surface area contributed by atoms with Crippen molar-refractivity contribution in [2.24, 2.45) is 11.8 Å². The lowest BCUT2D eigenvalue weighted by Crippen LogP contribution is -2.45. The van der Waals surface area contributed by atoms with Crippen molar-refractivity contribution in [3.8, 4) is 0 Å². The fourth-order valence-electron chi connectivity index (χ4n) is 4.90. The van der Waals surface area contributed by atoms with E-state index in [-0.39, 0.29) is 5.69 Å². The van der Waals surface area contributed by atoms with Crippen molar-refractivity contribution >= 4 is 11.7 Å². The van der Waals surface area contributed by atoms with Crippen molar-refractivity contribution < 1.29 is 9.90 Å². The van der Waals surface area contributed by atoms with Crippen LogP contribution < -0.4 is 4.90 Å². The summed E-state index contributed by atoms with van der Waals surface area (Å²) < 4.78 is 0. The molecule has 1 aromatic rings. The van der Waals surface area contributed by atoms with Crippen molar-refractivity contribution in [2.75, 3.05) is 31.1 Å². The SMILES string of the molecule is O=C(O)c1ccc(N2CCC(CC3CCN(C4CCC4)CC3)CC2)cn1. The van der Waals surface area contributed by atoms with E-state index in [1.807, 2.05) is 6.07 Å². The number of piperidine rings is 2. The highest BCUT2D eigenvalue weighted by atomic mass is 16.4. The molecule has 0 unspecified atom stereocenters. The number of carbonyl (C=O) groups is 1. The van der Waals surface area contributed by atoms with E-state index in [1.54, 1.807) is 12.3 Å². The first-order valence-corrected chi connectivity index (χ1v) is 10.4. The van der Waals surface area contributed by atoms with E-state index in [0.29, 0.717) is 0 Å². The Morgan fingerprint density at radius 3 is 2.15 bits per heavy atom. The minimum atomic E-state index is -0.960. The van der Waals surface area contributed by atoms with Crippen LogP contribution in [0.15, 0.2) is 18.3 Å². The number of hydrogen-bond acceptors (Lipinski definition) is 4. The lowest BCUT2D eigenvalue weighted by atomic mass is 9.81. The Morgan fingerprint density at radius 2 is 1.65 bits per heavy atom. The average molecular weight is 357 g/mol. The van der Waals surface area contributed by atoms with E-state index >= 15 is 0 Å². The minimum absolute atomic E-state index is 0.122. The highest BCUT2D eigenvalue weighted by Crippen LogP contribution is 2.34. The third kappa shape index (κ3) is 4.03. The average Bonchev–Trinajstić information content (AvgIpc) is 2.63. The number of carboxylic acid groups (broad SMARTS) is 1. The molecule has 0 atom stereocenters. The monoisotopic (exact) mass is 357 g/mol. The first-order chi connectivity index (χ1) is 12.7. The van der Waals surface area contributed by atoms with Crippen molar-refractivity contribution in [2.45, 2.75) is 57.4 Å². The molecule has 1 aliphatic carbocycles. The lowest BCUT2D eigenvalue weighted by Gasteiger charge is -2.43. The molecule has 142 valence electrons. The molecule has 5 heteroatoms. The van der Waals surface area contributed by atoms with Gasteiger partial charge in [-0.25, -0.2) is 9.78 Å². The van der Waals surface area contributed by atoms with Crippen molar-refractivity contribution in [3.63, 3.8) is 0 Å². The molecule has 0 aromatic carbocycles. The van der Waals surface area contributed by atoms with Gasteiger partial charge in [-0.3, -0.25) is 0 Å². The normalized spacial score (nSPS) is 23.8. The Balaban J connectivity index is 1.21. The molecule has 3 heterocycles. The smallest absolute Gasteiger partial charge is 0.354 e. The molecule has 2 aliphatic heterocycles. The number of rotatable bonds is 5. The van der Waals surface area contributed by atoms with Gasteiger partial charge in [0, 0.05) is 19.1 Å². The molecular formula is C21H31N3O2. The number of carboxylic acids is 1. The van der Waals surface area contributed by atoms with Crippen molar-refractivity contribution in [1.82, 2.24) is 9.88 Å². The van der Waals surface area contributed by atoms with Gasteiger partial charge in [-0.15, -0.1) is 0 Å². The molecule has 4 rings (SSSR count). The number of pyridine rings is 1. The Labute approximate surface area is 156 Å². The summed E-state index contributed by atoms with van der Waals surface area (Å²) in [6.45, 7) is 4.80. The van der Waals surface area contributed by atoms with Crippen LogP contribution in [0.1, 0.15) is 61.9 Å². The molecular weight excluding hydrogens is 326 g/mol. The molecule has 5 nitrogen and oxygen atoms in total. The molecule has 26 heavy (non-hydrogen) atoms. The van der Waals surface area contributed by atoms with E-state index in [4.69, 9.17) is 5.11 Å². The molecule has 2 saturated heterocycles. The predicted octanol–water partition coefficient (Wildman–Crippen LogP) is 3.65. The van der Waals surface area contributed by atoms with Crippen LogP contribution in [0.5, 0.6) is 0 Å². The highest BCUT2D eigenvalue weighted by molar-refractivity contribution is 5.85. The standard InChI is InChI=1S/C21H31N3O2/c25-21(26)20-5-4-19(15-22-20)24-12-8-17(9-13-24)14-16-6-10-23(11-7-16)18-2-1-3-18/h4-5,15-18H,1-3,6-14H2,(H,25,26). The third-order valence-electron chi connectivity index (χ3n) is 6.85. The molecule has 1 aromatic heterocycles. The maximum absolute atomic E-state index is 10.9. The summed E-state index contributed by atoms with van der Waals surface area (Å²) in [5, 5.41) is 8.96. The van der Waals surface area contributed by atoms with Gasteiger partial charge in [0.05, 0.1) is 11.9 Å². The van der Waals surface area contributed by atoms with Gasteiger partial charge in [0.25, 0.3) is 0 Å². The minimum Gasteiger partial charge on any atom is -0.477 e. The van der Waals surface area contributed by atoms with Gasteiger partial charge in [0.15, 0.2) is 0 Å². The van der Waals surface area contributed by atoms with Crippen LogP contribution in [0.25, 0.3) is 0 Å². The first kappa shape index (κ1) is 17.8. The van der Waals surface area contributed by atoms with E-state index in [9.17, 15) is 4.79 Å². The Hall–Kier alpha value is -1.62. The fourth-order valence-corrected chi connectivity index (χ4v) is 4.90. The molecule has 3 aliphatic rings. The largest absolute Gasteiger partial charge is 0.477 e. The summed E-state index contributed by atoms with van der Waals surface area (Å²) in [6.07, 6.45) is 12.7. The van der Waals surface area contributed by atoms with Gasteiger partial charge in [0.1, 0.15) is 5.69 Å². The highest BCUT2D eigenvalue weighted by Gasteiger charge is 2.30. The Kier molecular flexibility index (Phi) is 5.44. The van der Waals surface area contributed by atoms with E-state index in [1.165, 1.54) is 64.5 Å². The summed E-state index contributed by atoms with van der Waals surface area (Å²) in [5.41, 5.74) is 1.18. The molecule has 0 radical (unpaired) electrons. The van der Waals surface area contributed by atoms with Crippen LogP contribution >= 0.6 is 0 Å². The van der Waals surface area contributed by atoms with Crippen LogP contribution in [0.2, 0.25) is 0 Å². The number of aromatic carboxylic acids is 1. The molecule has 0 amide bonds. The zero-order valence-corrected chi connectivity index (χ0v) is 15.6. The van der Waals surface area contributed by atoms with Crippen molar-refractivity contribution in [3.05, 3.63) is 24.0 Å². The number of aromatic nitrogens is 1. The maximum Gasteiger partial charge on any atom is 0.354 e. The van der Waals surface area contributed by atoms with Crippen LogP contribution in [0, 0.1) is 11.8 Å². The second-order valence-corrected chi connectivity index (χ2v) is 8.44. The molecule has 0 spiro atoms. The quantitative estimate of drug-likeness (QED) is 0.872. The number of nitrogens with zero attached hydrogens (tertiary/aromatic N) is 3. The van der Waals surface area contributed by atoms with Crippen LogP contribution in [0.3, 0.4) is 0 Å². The summed E-state index contributed by atoms with van der Waals surface area (Å²) in [7, 11) is 0. The molecule has 1 saturated carbocycles. The second kappa shape index (κ2) is 7.95. The van der Waals surface area contributed by atoms with Crippen LogP contribution in [0.4, 0.5) is 5.69 Å². The van der Waals surface area contributed by atoms with E-state index in [2.05, 4.69) is 14.8 Å². The summed E-state index contributed by atoms with van der Waals surface area (Å²) in [6, 6.07) is 4.42. The first-order valence-electron chi connectivity index (χ1n) is 10.4. The van der Waals surface area contributed by atoms with Gasteiger partial charge in [-0.05, 0) is 82.0 Å². The maximum atomic E-state index is 10.9. The van der Waals surface area contributed by atoms with Gasteiger partial charge in [-0.1, -0.05) is 6.42 Å². The summed E-state index contributed by atoms with van der Waals surface area (Å²) in [4.78, 5) is 20.1. The van der Waals surface area contributed by atoms with Crippen LogP contribution in [-0.4, -0.2) is 53.2 Å². The number of anilines is 1. The zero-order valence-electron chi connectivity index (χ0n) is 15.6. The van der Waals surface area contributed by atoms with Crippen LogP contribution in [-0.2, 0) is 0 Å². The predicted molar refractivity (Wildman–Crippen MR) is 103 cm³/mol. The number of hydrogen-bond donors (Lipinski definition) is 1. The molecule has 0 bridgehead atoms. The molecule has 1 N–H and O–H groups in total. The van der Waals surface area contributed by atoms with Gasteiger partial charge < -0.3 is 14.9 Å². The Bertz CT molecular complexity index is 598. The van der Waals surface area contributed by atoms with Gasteiger partial charge in [-0.2, -0.15) is 0 Å². The van der Waals surface area contributed by atoms with E-state index in [0.717, 1.165) is 36.7 Å². The molecule has 3 fully saturated rings. The second-order valence-electron chi connectivity index (χ2n) is 8.44. The lowest BCUT2D eigenvalue weighted by molar-refractivity contribution is 0.0690. The topological polar surface area (TPSA) is 56.7 Å². The number of likely N-dealkylation sites (tertiary alicyclic amines) is 1.